The molecule has 0 aromatic heterocycles. The second kappa shape index (κ2) is 14.0. The van der Waals surface area contributed by atoms with E-state index in [1.54, 1.807) is 72.8 Å². The standard InChI is InChI=1S/C20H16N2O4.C14H10O4/c23-17-9-5-15(6-10-17)21-19(25)13-1-2-14(4-3-13)20(26)22-16-7-11-18(24)12-8-16;15-13(16)11-5-1-9(2-6-11)10-3-7-12(8-4-10)14(17)18/h1-12,23-24H,(H,21,25)(H,22,26);1-8H,(H,15,16)(H,17,18). The molecular weight excluding hydrogens is 564 g/mol. The maximum absolute atomic E-state index is 12.2. The normalized spacial score (nSPS) is 10.1. The Hall–Kier alpha value is -6.42. The molecule has 0 spiro atoms. The van der Waals surface area contributed by atoms with Crippen molar-refractivity contribution in [3.8, 4) is 22.6 Å². The highest BCUT2D eigenvalue weighted by Crippen LogP contribution is 2.21. The van der Waals surface area contributed by atoms with E-state index in [-0.39, 0.29) is 34.4 Å². The number of carboxylic acids is 2. The average molecular weight is 591 g/mol. The van der Waals surface area contributed by atoms with E-state index in [0.717, 1.165) is 11.1 Å². The Kier molecular flexibility index (Phi) is 9.69. The first-order valence-electron chi connectivity index (χ1n) is 13.1. The maximum atomic E-state index is 12.2. The summed E-state index contributed by atoms with van der Waals surface area (Å²) in [5.41, 5.74) is 4.05. The summed E-state index contributed by atoms with van der Waals surface area (Å²) < 4.78 is 0. The number of amides is 2. The number of carbonyl (C=O) groups excluding carboxylic acids is 2. The molecule has 0 aliphatic heterocycles. The summed E-state index contributed by atoms with van der Waals surface area (Å²) in [6.45, 7) is 0. The highest BCUT2D eigenvalue weighted by Gasteiger charge is 2.10. The molecule has 44 heavy (non-hydrogen) atoms. The van der Waals surface area contributed by atoms with Crippen LogP contribution in [0.15, 0.2) is 121 Å². The molecule has 5 aromatic carbocycles. The van der Waals surface area contributed by atoms with Crippen molar-refractivity contribution < 1.29 is 39.6 Å². The van der Waals surface area contributed by atoms with Gasteiger partial charge < -0.3 is 31.1 Å². The quantitative estimate of drug-likeness (QED) is 0.119. The Balaban J connectivity index is 0.000000215. The second-order valence-electron chi connectivity index (χ2n) is 9.34. The molecule has 10 heteroatoms. The highest BCUT2D eigenvalue weighted by molar-refractivity contribution is 6.07. The van der Waals surface area contributed by atoms with E-state index in [1.807, 2.05) is 0 Å². The van der Waals surface area contributed by atoms with Crippen LogP contribution in [0.3, 0.4) is 0 Å². The lowest BCUT2D eigenvalue weighted by Crippen LogP contribution is -2.14. The van der Waals surface area contributed by atoms with Crippen LogP contribution < -0.4 is 10.6 Å². The number of aromatic carboxylic acids is 2. The van der Waals surface area contributed by atoms with Crippen LogP contribution in [-0.2, 0) is 0 Å². The molecule has 10 nitrogen and oxygen atoms in total. The fourth-order valence-corrected chi connectivity index (χ4v) is 3.88. The lowest BCUT2D eigenvalue weighted by molar-refractivity contribution is 0.0686. The third kappa shape index (κ3) is 8.30. The zero-order chi connectivity index (χ0) is 31.6. The lowest BCUT2D eigenvalue weighted by atomic mass is 10.0. The summed E-state index contributed by atoms with van der Waals surface area (Å²) in [5, 5.41) is 41.5. The van der Waals surface area contributed by atoms with Gasteiger partial charge in [-0.1, -0.05) is 24.3 Å². The molecule has 0 atom stereocenters. The van der Waals surface area contributed by atoms with Gasteiger partial charge in [-0.2, -0.15) is 0 Å². The van der Waals surface area contributed by atoms with Crippen molar-refractivity contribution in [2.45, 2.75) is 0 Å². The topological polar surface area (TPSA) is 173 Å². The number of nitrogens with one attached hydrogen (secondary N) is 2. The predicted octanol–water partition coefficient (Wildman–Crippen LogP) is 6.35. The van der Waals surface area contributed by atoms with E-state index in [9.17, 15) is 29.4 Å². The Bertz CT molecular complexity index is 1630. The first-order chi connectivity index (χ1) is 21.1. The summed E-state index contributed by atoms with van der Waals surface area (Å²) >= 11 is 0. The number of phenolic OH excluding ortho intramolecular Hbond substituents is 2. The van der Waals surface area contributed by atoms with E-state index >= 15 is 0 Å². The fraction of sp³-hybridized carbons (Fsp3) is 0. The van der Waals surface area contributed by atoms with Gasteiger partial charge in [0.05, 0.1) is 11.1 Å². The van der Waals surface area contributed by atoms with Crippen LogP contribution in [0.25, 0.3) is 11.1 Å². The molecule has 0 aliphatic rings. The third-order valence-electron chi connectivity index (χ3n) is 6.26. The molecule has 2 amide bonds. The summed E-state index contributed by atoms with van der Waals surface area (Å²) in [4.78, 5) is 45.8. The van der Waals surface area contributed by atoms with Gasteiger partial charge in [0.1, 0.15) is 11.5 Å². The number of aromatic hydroxyl groups is 2. The van der Waals surface area contributed by atoms with Crippen molar-refractivity contribution in [1.82, 2.24) is 0 Å². The van der Waals surface area contributed by atoms with Crippen molar-refractivity contribution in [3.63, 3.8) is 0 Å². The van der Waals surface area contributed by atoms with Gasteiger partial charge >= 0.3 is 11.9 Å². The van der Waals surface area contributed by atoms with Crippen LogP contribution in [0.5, 0.6) is 11.5 Å². The zero-order valence-electron chi connectivity index (χ0n) is 23.0. The van der Waals surface area contributed by atoms with E-state index in [4.69, 9.17) is 10.2 Å². The molecule has 0 unspecified atom stereocenters. The summed E-state index contributed by atoms with van der Waals surface area (Å²) in [6.07, 6.45) is 0. The molecule has 0 saturated heterocycles. The minimum atomic E-state index is -0.970. The number of rotatable bonds is 7. The molecule has 0 heterocycles. The van der Waals surface area contributed by atoms with Gasteiger partial charge in [0.15, 0.2) is 0 Å². The largest absolute Gasteiger partial charge is 0.508 e. The van der Waals surface area contributed by atoms with Crippen LogP contribution in [0.1, 0.15) is 41.4 Å². The van der Waals surface area contributed by atoms with Crippen molar-refractivity contribution in [2.75, 3.05) is 10.6 Å². The molecule has 220 valence electrons. The fourth-order valence-electron chi connectivity index (χ4n) is 3.88. The molecule has 0 saturated carbocycles. The maximum Gasteiger partial charge on any atom is 0.335 e. The smallest absolute Gasteiger partial charge is 0.335 e. The minimum absolute atomic E-state index is 0.118. The van der Waals surface area contributed by atoms with Gasteiger partial charge in [-0.25, -0.2) is 9.59 Å². The van der Waals surface area contributed by atoms with Crippen LogP contribution in [0.2, 0.25) is 0 Å². The minimum Gasteiger partial charge on any atom is -0.508 e. The predicted molar refractivity (Wildman–Crippen MR) is 164 cm³/mol. The van der Waals surface area contributed by atoms with Crippen molar-refractivity contribution in [3.05, 3.63) is 144 Å². The molecule has 5 aromatic rings. The number of anilines is 2. The summed E-state index contributed by atoms with van der Waals surface area (Å²) in [5.74, 6) is -2.34. The second-order valence-corrected chi connectivity index (χ2v) is 9.34. The molecule has 5 rings (SSSR count). The van der Waals surface area contributed by atoms with E-state index in [0.29, 0.717) is 22.5 Å². The van der Waals surface area contributed by atoms with Gasteiger partial charge in [-0.05, 0) is 108 Å². The van der Waals surface area contributed by atoms with Gasteiger partial charge in [0.25, 0.3) is 11.8 Å². The first kappa shape index (κ1) is 30.5. The van der Waals surface area contributed by atoms with Crippen molar-refractivity contribution >= 4 is 35.1 Å². The summed E-state index contributed by atoms with van der Waals surface area (Å²) in [6, 6.07) is 31.3. The number of hydrogen-bond acceptors (Lipinski definition) is 6. The third-order valence-corrected chi connectivity index (χ3v) is 6.26. The van der Waals surface area contributed by atoms with Crippen molar-refractivity contribution in [1.29, 1.82) is 0 Å². The first-order valence-corrected chi connectivity index (χ1v) is 13.1. The lowest BCUT2D eigenvalue weighted by Gasteiger charge is -2.08. The number of phenols is 2. The van der Waals surface area contributed by atoms with Gasteiger partial charge in [0.2, 0.25) is 0 Å². The molecule has 6 N–H and O–H groups in total. The molecule has 0 radical (unpaired) electrons. The van der Waals surface area contributed by atoms with Gasteiger partial charge in [0, 0.05) is 22.5 Å². The highest BCUT2D eigenvalue weighted by atomic mass is 16.4. The van der Waals surface area contributed by atoms with Crippen molar-refractivity contribution in [2.24, 2.45) is 0 Å². The van der Waals surface area contributed by atoms with Crippen LogP contribution in [0, 0.1) is 0 Å². The van der Waals surface area contributed by atoms with E-state index < -0.39 is 11.9 Å². The molecular formula is C34H26N2O8. The number of carbonyl (C=O) groups is 4. The Morgan fingerprint density at radius 3 is 0.932 bits per heavy atom. The Labute approximate surface area is 251 Å². The zero-order valence-corrected chi connectivity index (χ0v) is 23.0. The summed E-state index contributed by atoms with van der Waals surface area (Å²) in [7, 11) is 0. The number of benzene rings is 5. The van der Waals surface area contributed by atoms with E-state index in [2.05, 4.69) is 10.6 Å². The van der Waals surface area contributed by atoms with Crippen LogP contribution in [0.4, 0.5) is 11.4 Å². The number of hydrogen-bond donors (Lipinski definition) is 6. The number of carboxylic acid groups (broad SMARTS) is 2. The molecule has 0 aliphatic carbocycles. The van der Waals surface area contributed by atoms with Crippen LogP contribution in [-0.4, -0.2) is 44.2 Å². The SMILES string of the molecule is O=C(Nc1ccc(O)cc1)c1ccc(C(=O)Nc2ccc(O)cc2)cc1.O=C(O)c1ccc(-c2ccc(C(=O)O)cc2)cc1. The molecule has 0 bridgehead atoms. The van der Waals surface area contributed by atoms with Gasteiger partial charge in [-0.3, -0.25) is 9.59 Å². The van der Waals surface area contributed by atoms with Gasteiger partial charge in [-0.15, -0.1) is 0 Å². The average Bonchev–Trinajstić information content (AvgIpc) is 3.03. The Morgan fingerprint density at radius 2 is 0.659 bits per heavy atom. The molecule has 0 fully saturated rings. The Morgan fingerprint density at radius 1 is 0.386 bits per heavy atom. The van der Waals surface area contributed by atoms with Crippen LogP contribution >= 0.6 is 0 Å². The van der Waals surface area contributed by atoms with E-state index in [1.165, 1.54) is 48.5 Å². The monoisotopic (exact) mass is 590 g/mol.